The molecule has 6 nitrogen and oxygen atoms in total. The Bertz CT molecular complexity index is 335. The lowest BCUT2D eigenvalue weighted by molar-refractivity contribution is -0.128. The lowest BCUT2D eigenvalue weighted by atomic mass is 10.0. The van der Waals surface area contributed by atoms with Crippen LogP contribution in [0.1, 0.15) is 0 Å². The number of likely N-dealkylation sites (tertiary alicyclic amines) is 1. The maximum atomic E-state index is 11.9. The van der Waals surface area contributed by atoms with Crippen molar-refractivity contribution in [1.29, 1.82) is 0 Å². The van der Waals surface area contributed by atoms with Crippen LogP contribution in [-0.2, 0) is 9.53 Å². The van der Waals surface area contributed by atoms with Gasteiger partial charge in [0.15, 0.2) is 0 Å². The van der Waals surface area contributed by atoms with Crippen molar-refractivity contribution in [2.75, 3.05) is 45.9 Å². The van der Waals surface area contributed by atoms with Crippen molar-refractivity contribution in [3.63, 3.8) is 0 Å². The average molecular weight is 239 g/mol. The number of fused-ring (bicyclic) bond motifs is 1. The summed E-state index contributed by atoms with van der Waals surface area (Å²) in [6.45, 7) is 5.13. The van der Waals surface area contributed by atoms with Crippen LogP contribution in [-0.4, -0.2) is 67.7 Å². The highest BCUT2D eigenvalue weighted by molar-refractivity contribution is 5.94. The van der Waals surface area contributed by atoms with E-state index in [1.807, 2.05) is 0 Å². The SMILES string of the molecule is O=C(CN1C[C@H]2CNC[C@H]2C1)N1CCOC1=O. The van der Waals surface area contributed by atoms with E-state index in [2.05, 4.69) is 10.2 Å². The summed E-state index contributed by atoms with van der Waals surface area (Å²) in [5.41, 5.74) is 0. The molecule has 17 heavy (non-hydrogen) atoms. The van der Waals surface area contributed by atoms with Crippen LogP contribution < -0.4 is 5.32 Å². The molecule has 6 heteroatoms. The van der Waals surface area contributed by atoms with Gasteiger partial charge in [0.2, 0.25) is 5.91 Å². The highest BCUT2D eigenvalue weighted by Gasteiger charge is 2.38. The summed E-state index contributed by atoms with van der Waals surface area (Å²) < 4.78 is 4.76. The quantitative estimate of drug-likeness (QED) is 0.678. The van der Waals surface area contributed by atoms with E-state index in [0.717, 1.165) is 26.2 Å². The number of carbonyl (C=O) groups is 2. The second-order valence-electron chi connectivity index (χ2n) is 5.03. The third kappa shape index (κ3) is 2.02. The Kier molecular flexibility index (Phi) is 2.76. The lowest BCUT2D eigenvalue weighted by Gasteiger charge is -2.18. The molecule has 3 aliphatic rings. The highest BCUT2D eigenvalue weighted by Crippen LogP contribution is 2.26. The van der Waals surface area contributed by atoms with E-state index in [0.29, 0.717) is 31.5 Å². The summed E-state index contributed by atoms with van der Waals surface area (Å²) in [7, 11) is 0. The van der Waals surface area contributed by atoms with Gasteiger partial charge in [-0.2, -0.15) is 0 Å². The molecule has 1 N–H and O–H groups in total. The highest BCUT2D eigenvalue weighted by atomic mass is 16.6. The first-order valence-corrected chi connectivity index (χ1v) is 6.14. The molecule has 0 aliphatic carbocycles. The fourth-order valence-corrected chi connectivity index (χ4v) is 2.98. The second kappa shape index (κ2) is 4.27. The van der Waals surface area contributed by atoms with Crippen molar-refractivity contribution in [3.05, 3.63) is 0 Å². The van der Waals surface area contributed by atoms with E-state index in [1.54, 1.807) is 0 Å². The molecule has 2 atom stereocenters. The smallest absolute Gasteiger partial charge is 0.416 e. The van der Waals surface area contributed by atoms with Crippen LogP contribution in [0.4, 0.5) is 4.79 Å². The number of nitrogens with one attached hydrogen (secondary N) is 1. The Labute approximate surface area is 99.9 Å². The molecule has 3 heterocycles. The number of imide groups is 1. The Hall–Kier alpha value is -1.14. The third-order valence-corrected chi connectivity index (χ3v) is 3.89. The van der Waals surface area contributed by atoms with E-state index in [4.69, 9.17) is 4.74 Å². The first-order chi connectivity index (χ1) is 8.24. The minimum atomic E-state index is -0.490. The van der Waals surface area contributed by atoms with Crippen molar-refractivity contribution in [3.8, 4) is 0 Å². The molecule has 0 radical (unpaired) electrons. The zero-order valence-electron chi connectivity index (χ0n) is 9.72. The number of rotatable bonds is 2. The second-order valence-corrected chi connectivity index (χ2v) is 5.03. The Morgan fingerprint density at radius 2 is 2.06 bits per heavy atom. The molecule has 0 bridgehead atoms. The van der Waals surface area contributed by atoms with E-state index >= 15 is 0 Å². The van der Waals surface area contributed by atoms with Gasteiger partial charge in [-0.15, -0.1) is 0 Å². The fraction of sp³-hybridized carbons (Fsp3) is 0.818. The van der Waals surface area contributed by atoms with Crippen molar-refractivity contribution in [2.24, 2.45) is 11.8 Å². The molecular formula is C11H17N3O3. The predicted octanol–water partition coefficient (Wildman–Crippen LogP) is -0.884. The summed E-state index contributed by atoms with van der Waals surface area (Å²) in [5, 5.41) is 3.36. The molecular weight excluding hydrogens is 222 g/mol. The van der Waals surface area contributed by atoms with Gasteiger partial charge in [0, 0.05) is 13.1 Å². The van der Waals surface area contributed by atoms with Gasteiger partial charge in [0.25, 0.3) is 0 Å². The van der Waals surface area contributed by atoms with Crippen LogP contribution in [0, 0.1) is 11.8 Å². The van der Waals surface area contributed by atoms with Crippen LogP contribution in [0.3, 0.4) is 0 Å². The molecule has 3 rings (SSSR count). The molecule has 0 unspecified atom stereocenters. The van der Waals surface area contributed by atoms with Gasteiger partial charge in [0.1, 0.15) is 6.61 Å². The molecule has 0 aromatic rings. The molecule has 0 aromatic carbocycles. The van der Waals surface area contributed by atoms with E-state index < -0.39 is 6.09 Å². The van der Waals surface area contributed by atoms with Crippen molar-refractivity contribution < 1.29 is 14.3 Å². The topological polar surface area (TPSA) is 61.9 Å². The molecule has 0 aromatic heterocycles. The monoisotopic (exact) mass is 239 g/mol. The van der Waals surface area contributed by atoms with Gasteiger partial charge in [-0.05, 0) is 24.9 Å². The van der Waals surface area contributed by atoms with Crippen molar-refractivity contribution in [2.45, 2.75) is 0 Å². The van der Waals surface area contributed by atoms with Gasteiger partial charge >= 0.3 is 6.09 Å². The van der Waals surface area contributed by atoms with Gasteiger partial charge < -0.3 is 10.1 Å². The zero-order valence-corrected chi connectivity index (χ0v) is 9.72. The molecule has 3 saturated heterocycles. The standard InChI is InChI=1S/C11H17N3O3/c15-10(14-1-2-17-11(14)16)7-13-5-8-3-12-4-9(8)6-13/h8-9,12H,1-7H2/t8-,9+. The molecule has 2 amide bonds. The fourth-order valence-electron chi connectivity index (χ4n) is 2.98. The number of amides is 2. The number of ether oxygens (including phenoxy) is 1. The van der Waals surface area contributed by atoms with Crippen LogP contribution in [0.25, 0.3) is 0 Å². The minimum Gasteiger partial charge on any atom is -0.447 e. The first-order valence-electron chi connectivity index (χ1n) is 6.14. The van der Waals surface area contributed by atoms with Crippen LogP contribution in [0.5, 0.6) is 0 Å². The number of cyclic esters (lactones) is 1. The molecule has 0 spiro atoms. The number of carbonyl (C=O) groups excluding carboxylic acids is 2. The van der Waals surface area contributed by atoms with E-state index in [-0.39, 0.29) is 5.91 Å². The van der Waals surface area contributed by atoms with Crippen LogP contribution in [0.15, 0.2) is 0 Å². The molecule has 3 aliphatic heterocycles. The largest absolute Gasteiger partial charge is 0.447 e. The third-order valence-electron chi connectivity index (χ3n) is 3.89. The number of hydrogen-bond acceptors (Lipinski definition) is 5. The van der Waals surface area contributed by atoms with Crippen LogP contribution >= 0.6 is 0 Å². The van der Waals surface area contributed by atoms with Crippen molar-refractivity contribution >= 4 is 12.0 Å². The number of nitrogens with zero attached hydrogens (tertiary/aromatic N) is 2. The molecule has 3 fully saturated rings. The van der Waals surface area contributed by atoms with Gasteiger partial charge in [-0.3, -0.25) is 9.69 Å². The zero-order chi connectivity index (χ0) is 11.8. The van der Waals surface area contributed by atoms with Crippen LogP contribution in [0.2, 0.25) is 0 Å². The maximum Gasteiger partial charge on any atom is 0.416 e. The van der Waals surface area contributed by atoms with E-state index in [1.165, 1.54) is 4.90 Å². The summed E-state index contributed by atoms with van der Waals surface area (Å²) in [4.78, 5) is 26.5. The Morgan fingerprint density at radius 3 is 2.65 bits per heavy atom. The van der Waals surface area contributed by atoms with Gasteiger partial charge in [-0.1, -0.05) is 0 Å². The van der Waals surface area contributed by atoms with Gasteiger partial charge in [-0.25, -0.2) is 9.69 Å². The normalized spacial score (nSPS) is 32.9. The van der Waals surface area contributed by atoms with Crippen molar-refractivity contribution in [1.82, 2.24) is 15.1 Å². The Balaban J connectivity index is 1.54. The predicted molar refractivity (Wildman–Crippen MR) is 59.4 cm³/mol. The first kappa shape index (κ1) is 11.0. The summed E-state index contributed by atoms with van der Waals surface area (Å²) in [6, 6.07) is 0. The van der Waals surface area contributed by atoms with E-state index in [9.17, 15) is 9.59 Å². The minimum absolute atomic E-state index is 0.125. The van der Waals surface area contributed by atoms with Gasteiger partial charge in [0.05, 0.1) is 13.1 Å². The Morgan fingerprint density at radius 1 is 1.35 bits per heavy atom. The summed E-state index contributed by atoms with van der Waals surface area (Å²) >= 11 is 0. The number of hydrogen-bond donors (Lipinski definition) is 1. The molecule has 94 valence electrons. The summed E-state index contributed by atoms with van der Waals surface area (Å²) in [5.74, 6) is 1.22. The lowest BCUT2D eigenvalue weighted by Crippen LogP contribution is -2.40. The summed E-state index contributed by atoms with van der Waals surface area (Å²) in [6.07, 6.45) is -0.490. The molecule has 0 saturated carbocycles. The maximum absolute atomic E-state index is 11.9. The average Bonchev–Trinajstić information content (AvgIpc) is 2.92.